The molecule has 0 bridgehead atoms. The van der Waals surface area contributed by atoms with Gasteiger partial charge in [0, 0.05) is 20.0 Å². The summed E-state index contributed by atoms with van der Waals surface area (Å²) in [5.74, 6) is 0.369. The molecule has 0 fully saturated rings. The number of rotatable bonds is 1. The van der Waals surface area contributed by atoms with Crippen molar-refractivity contribution in [3.63, 3.8) is 0 Å². The molecule has 1 aliphatic heterocycles. The van der Waals surface area contributed by atoms with E-state index in [0.29, 0.717) is 0 Å². The van der Waals surface area contributed by atoms with Crippen LogP contribution >= 0.6 is 0 Å². The van der Waals surface area contributed by atoms with Gasteiger partial charge in [0.15, 0.2) is 11.0 Å². The molecular formula is C16H16N4O3. The maximum Gasteiger partial charge on any atom is 0.330 e. The molecule has 0 spiro atoms. The van der Waals surface area contributed by atoms with Crippen LogP contribution in [0.5, 0.6) is 5.88 Å². The van der Waals surface area contributed by atoms with E-state index in [-0.39, 0.29) is 5.69 Å². The molecule has 1 aromatic carbocycles. The van der Waals surface area contributed by atoms with Crippen LogP contribution in [0.2, 0.25) is 0 Å². The summed E-state index contributed by atoms with van der Waals surface area (Å²) in [5, 5.41) is 12.6. The number of aromatic nitrogens is 4. The molecule has 1 aliphatic rings. The van der Waals surface area contributed by atoms with Gasteiger partial charge in [-0.1, -0.05) is 12.1 Å². The Balaban J connectivity index is 2.22. The minimum Gasteiger partial charge on any atom is -0.857 e. The van der Waals surface area contributed by atoms with E-state index < -0.39 is 17.1 Å². The van der Waals surface area contributed by atoms with Crippen LogP contribution in [0.3, 0.4) is 0 Å². The average molecular weight is 312 g/mol. The van der Waals surface area contributed by atoms with E-state index in [1.165, 1.54) is 14.1 Å². The first kappa shape index (κ1) is 13.8. The summed E-state index contributed by atoms with van der Waals surface area (Å²) in [6.45, 7) is 0.864. The zero-order valence-electron chi connectivity index (χ0n) is 12.9. The van der Waals surface area contributed by atoms with Gasteiger partial charge in [-0.25, -0.2) is 9.36 Å². The van der Waals surface area contributed by atoms with Crippen molar-refractivity contribution in [2.75, 3.05) is 0 Å². The highest BCUT2D eigenvalue weighted by Crippen LogP contribution is 2.25. The van der Waals surface area contributed by atoms with Gasteiger partial charge in [-0.05, 0) is 18.6 Å². The highest BCUT2D eigenvalue weighted by atomic mass is 16.3. The van der Waals surface area contributed by atoms with Crippen LogP contribution in [0.1, 0.15) is 12.2 Å². The molecule has 0 saturated heterocycles. The molecule has 0 saturated carbocycles. The van der Waals surface area contributed by atoms with E-state index in [2.05, 4.69) is 4.57 Å². The fourth-order valence-electron chi connectivity index (χ4n) is 3.42. The SMILES string of the molecule is Cn1c([O-])c(-n2c3[n+](c4ccccc42)CCC3)c(=O)n(C)c1=O. The van der Waals surface area contributed by atoms with Gasteiger partial charge in [0.1, 0.15) is 0 Å². The fraction of sp³-hybridized carbons (Fsp3) is 0.312. The van der Waals surface area contributed by atoms with Gasteiger partial charge >= 0.3 is 11.2 Å². The van der Waals surface area contributed by atoms with Crippen LogP contribution in [0.25, 0.3) is 16.7 Å². The summed E-state index contributed by atoms with van der Waals surface area (Å²) in [7, 11) is 2.79. The number of para-hydroxylation sites is 2. The van der Waals surface area contributed by atoms with Gasteiger partial charge in [0.05, 0.1) is 13.0 Å². The Morgan fingerprint density at radius 3 is 2.65 bits per heavy atom. The van der Waals surface area contributed by atoms with Gasteiger partial charge in [-0.15, -0.1) is 0 Å². The maximum atomic E-state index is 12.6. The van der Waals surface area contributed by atoms with Crippen LogP contribution in [-0.2, 0) is 27.1 Å². The molecule has 0 atom stereocenters. The number of hydrogen-bond acceptors (Lipinski definition) is 3. The summed E-state index contributed by atoms with van der Waals surface area (Å²) in [6.07, 6.45) is 1.76. The van der Waals surface area contributed by atoms with E-state index in [1.807, 2.05) is 24.3 Å². The number of aryl methyl sites for hydroxylation is 1. The number of fused-ring (bicyclic) bond motifs is 3. The largest absolute Gasteiger partial charge is 0.857 e. The highest BCUT2D eigenvalue weighted by molar-refractivity contribution is 5.75. The molecule has 7 nitrogen and oxygen atoms in total. The van der Waals surface area contributed by atoms with Crippen LogP contribution < -0.4 is 20.9 Å². The third kappa shape index (κ3) is 1.67. The van der Waals surface area contributed by atoms with E-state index in [4.69, 9.17) is 0 Å². The number of hydrogen-bond donors (Lipinski definition) is 0. The van der Waals surface area contributed by atoms with Crippen molar-refractivity contribution in [3.05, 3.63) is 50.9 Å². The quantitative estimate of drug-likeness (QED) is 0.560. The van der Waals surface area contributed by atoms with Crippen LogP contribution in [0, 0.1) is 0 Å². The topological polar surface area (TPSA) is 75.9 Å². The first-order chi connectivity index (χ1) is 11.0. The monoisotopic (exact) mass is 312 g/mol. The molecule has 3 heterocycles. The fourth-order valence-corrected chi connectivity index (χ4v) is 3.42. The summed E-state index contributed by atoms with van der Waals surface area (Å²) in [4.78, 5) is 24.6. The standard InChI is InChI=1S/C16H16N4O3/c1-17-14(21)13(15(22)18(2)16(17)23)20-11-7-4-3-6-10(11)19-9-5-8-12(19)20/h3-4,6-7H,5,8-9H2,1-2H3. The lowest BCUT2D eigenvalue weighted by atomic mass is 10.3. The molecule has 23 heavy (non-hydrogen) atoms. The molecule has 0 N–H and O–H groups in total. The summed E-state index contributed by atoms with van der Waals surface area (Å²) >= 11 is 0. The summed E-state index contributed by atoms with van der Waals surface area (Å²) in [6, 6.07) is 7.70. The Morgan fingerprint density at radius 2 is 1.87 bits per heavy atom. The van der Waals surface area contributed by atoms with Crippen molar-refractivity contribution >= 4 is 11.0 Å². The third-order valence-electron chi connectivity index (χ3n) is 4.58. The second-order valence-corrected chi connectivity index (χ2v) is 5.86. The second-order valence-electron chi connectivity index (χ2n) is 5.86. The molecular weight excluding hydrogens is 296 g/mol. The van der Waals surface area contributed by atoms with Gasteiger partial charge in [-0.3, -0.25) is 9.36 Å². The Morgan fingerprint density at radius 1 is 1.13 bits per heavy atom. The number of imidazole rings is 1. The van der Waals surface area contributed by atoms with E-state index in [9.17, 15) is 14.7 Å². The van der Waals surface area contributed by atoms with Crippen molar-refractivity contribution < 1.29 is 9.67 Å². The van der Waals surface area contributed by atoms with Crippen molar-refractivity contribution in [3.8, 4) is 11.6 Å². The van der Waals surface area contributed by atoms with Crippen molar-refractivity contribution in [1.82, 2.24) is 13.7 Å². The molecule has 0 radical (unpaired) electrons. The van der Waals surface area contributed by atoms with Crippen LogP contribution in [-0.4, -0.2) is 13.7 Å². The van der Waals surface area contributed by atoms with Crippen LogP contribution in [0.15, 0.2) is 33.9 Å². The molecule has 7 heteroatoms. The second kappa shape index (κ2) is 4.58. The van der Waals surface area contributed by atoms with E-state index >= 15 is 0 Å². The Kier molecular flexibility index (Phi) is 2.75. The molecule has 3 aromatic rings. The molecule has 0 aliphatic carbocycles. The van der Waals surface area contributed by atoms with Crippen LogP contribution in [0.4, 0.5) is 0 Å². The maximum absolute atomic E-state index is 12.6. The molecule has 118 valence electrons. The lowest BCUT2D eigenvalue weighted by Gasteiger charge is -2.16. The Bertz CT molecular complexity index is 1070. The van der Waals surface area contributed by atoms with Crippen molar-refractivity contribution in [1.29, 1.82) is 0 Å². The predicted octanol–water partition coefficient (Wildman–Crippen LogP) is -0.665. The molecule has 2 aromatic heterocycles. The molecule has 0 amide bonds. The normalized spacial score (nSPS) is 13.7. The van der Waals surface area contributed by atoms with Crippen molar-refractivity contribution in [2.45, 2.75) is 19.4 Å². The number of benzene rings is 1. The zero-order valence-corrected chi connectivity index (χ0v) is 12.9. The van der Waals surface area contributed by atoms with E-state index in [1.54, 1.807) is 4.57 Å². The van der Waals surface area contributed by atoms with Gasteiger partial charge < -0.3 is 9.67 Å². The predicted molar refractivity (Wildman–Crippen MR) is 81.7 cm³/mol. The van der Waals surface area contributed by atoms with E-state index in [0.717, 1.165) is 45.4 Å². The summed E-state index contributed by atoms with van der Waals surface area (Å²) < 4.78 is 5.83. The zero-order chi connectivity index (χ0) is 16.3. The summed E-state index contributed by atoms with van der Waals surface area (Å²) in [5.41, 5.74) is 0.658. The average Bonchev–Trinajstić information content (AvgIpc) is 3.14. The Hall–Kier alpha value is -2.83. The third-order valence-corrected chi connectivity index (χ3v) is 4.58. The lowest BCUT2D eigenvalue weighted by molar-refractivity contribution is -0.665. The van der Waals surface area contributed by atoms with Crippen molar-refractivity contribution in [2.24, 2.45) is 14.1 Å². The molecule has 0 unspecified atom stereocenters. The van der Waals surface area contributed by atoms with Gasteiger partial charge in [-0.2, -0.15) is 4.57 Å². The minimum atomic E-state index is -0.607. The lowest BCUT2D eigenvalue weighted by Crippen LogP contribution is -2.41. The number of nitrogens with zero attached hydrogens (tertiary/aromatic N) is 4. The first-order valence-electron chi connectivity index (χ1n) is 7.52. The first-order valence-corrected chi connectivity index (χ1v) is 7.52. The highest BCUT2D eigenvalue weighted by Gasteiger charge is 2.32. The van der Waals surface area contributed by atoms with Gasteiger partial charge in [0.2, 0.25) is 5.69 Å². The minimum absolute atomic E-state index is 0.0152. The van der Waals surface area contributed by atoms with Gasteiger partial charge in [0.25, 0.3) is 5.82 Å². The Labute approximate surface area is 131 Å². The molecule has 4 rings (SSSR count). The smallest absolute Gasteiger partial charge is 0.330 e.